The zero-order valence-corrected chi connectivity index (χ0v) is 18.9. The zero-order valence-electron chi connectivity index (χ0n) is 18.9. The highest BCUT2D eigenvalue weighted by molar-refractivity contribution is 5.67. The molecule has 0 aromatic carbocycles. The van der Waals surface area contributed by atoms with Gasteiger partial charge in [-0.15, -0.1) is 0 Å². The molecule has 0 amide bonds. The molecule has 4 nitrogen and oxygen atoms in total. The first-order valence-corrected chi connectivity index (χ1v) is 11.7. The van der Waals surface area contributed by atoms with Crippen LogP contribution in [0.3, 0.4) is 0 Å². The summed E-state index contributed by atoms with van der Waals surface area (Å²) < 4.78 is 11.6. The Kier molecular flexibility index (Phi) is 5.15. The minimum absolute atomic E-state index is 0.0559. The summed E-state index contributed by atoms with van der Waals surface area (Å²) in [6.45, 7) is 10.2. The Morgan fingerprint density at radius 1 is 1.03 bits per heavy atom. The summed E-state index contributed by atoms with van der Waals surface area (Å²) >= 11 is 0. The fourth-order valence-electron chi connectivity index (χ4n) is 8.15. The van der Waals surface area contributed by atoms with Crippen molar-refractivity contribution in [3.63, 3.8) is 0 Å². The van der Waals surface area contributed by atoms with Gasteiger partial charge in [-0.25, -0.2) is 0 Å². The summed E-state index contributed by atoms with van der Waals surface area (Å²) in [6.07, 6.45) is 12.1. The summed E-state index contributed by atoms with van der Waals surface area (Å²) in [5, 5.41) is 0. The van der Waals surface area contributed by atoms with Gasteiger partial charge in [0.1, 0.15) is 11.7 Å². The minimum atomic E-state index is -0.285. The van der Waals surface area contributed by atoms with Crippen molar-refractivity contribution >= 4 is 11.9 Å². The van der Waals surface area contributed by atoms with E-state index in [9.17, 15) is 9.59 Å². The Morgan fingerprint density at radius 3 is 2.41 bits per heavy atom. The van der Waals surface area contributed by atoms with Crippen molar-refractivity contribution in [1.29, 1.82) is 0 Å². The van der Waals surface area contributed by atoms with Gasteiger partial charge in [-0.3, -0.25) is 9.59 Å². The molecule has 162 valence electrons. The van der Waals surface area contributed by atoms with E-state index in [0.29, 0.717) is 17.8 Å². The van der Waals surface area contributed by atoms with Crippen molar-refractivity contribution < 1.29 is 19.1 Å². The van der Waals surface area contributed by atoms with Gasteiger partial charge in [0.25, 0.3) is 0 Å². The van der Waals surface area contributed by atoms with Gasteiger partial charge in [-0.2, -0.15) is 0 Å². The molecule has 3 fully saturated rings. The summed E-state index contributed by atoms with van der Waals surface area (Å²) in [4.78, 5) is 23.4. The second-order valence-electron chi connectivity index (χ2n) is 10.7. The number of esters is 2. The third kappa shape index (κ3) is 3.08. The smallest absolute Gasteiger partial charge is 0.303 e. The Labute approximate surface area is 175 Å². The number of hydrogen-bond donors (Lipinski definition) is 0. The van der Waals surface area contributed by atoms with Gasteiger partial charge in [-0.1, -0.05) is 32.4 Å². The highest BCUT2D eigenvalue weighted by Crippen LogP contribution is 2.68. The monoisotopic (exact) mass is 402 g/mol. The van der Waals surface area contributed by atoms with Gasteiger partial charge in [0.2, 0.25) is 0 Å². The van der Waals surface area contributed by atoms with E-state index >= 15 is 0 Å². The molecule has 4 heteroatoms. The molecule has 29 heavy (non-hydrogen) atoms. The summed E-state index contributed by atoms with van der Waals surface area (Å²) in [6, 6.07) is 0. The average molecular weight is 403 g/mol. The van der Waals surface area contributed by atoms with E-state index in [0.717, 1.165) is 44.9 Å². The number of allylic oxidation sites excluding steroid dienone is 1. The van der Waals surface area contributed by atoms with Gasteiger partial charge in [0, 0.05) is 25.7 Å². The molecule has 0 radical (unpaired) electrons. The lowest BCUT2D eigenvalue weighted by Gasteiger charge is -2.59. The Balaban J connectivity index is 1.60. The van der Waals surface area contributed by atoms with Crippen LogP contribution < -0.4 is 0 Å². The molecule has 0 saturated heterocycles. The first-order valence-electron chi connectivity index (χ1n) is 11.7. The molecule has 0 unspecified atom stereocenters. The quantitative estimate of drug-likeness (QED) is 0.456. The molecule has 0 bridgehead atoms. The molecule has 3 saturated carbocycles. The Bertz CT molecular complexity index is 726. The number of carbonyl (C=O) groups is 2. The van der Waals surface area contributed by atoms with E-state index in [1.165, 1.54) is 25.3 Å². The van der Waals surface area contributed by atoms with Crippen LogP contribution in [0.2, 0.25) is 0 Å². The van der Waals surface area contributed by atoms with Crippen LogP contribution >= 0.6 is 0 Å². The predicted octanol–water partition coefficient (Wildman–Crippen LogP) is 5.59. The lowest BCUT2D eigenvalue weighted by atomic mass is 9.47. The number of rotatable bonds is 3. The molecule has 4 rings (SSSR count). The van der Waals surface area contributed by atoms with Gasteiger partial charge in [-0.05, 0) is 74.5 Å². The van der Waals surface area contributed by atoms with Crippen LogP contribution in [0.15, 0.2) is 11.6 Å². The van der Waals surface area contributed by atoms with Crippen molar-refractivity contribution in [3.05, 3.63) is 11.6 Å². The molecular formula is C25H38O4. The van der Waals surface area contributed by atoms with Crippen LogP contribution in [0.5, 0.6) is 0 Å². The first-order chi connectivity index (χ1) is 13.6. The predicted molar refractivity (Wildman–Crippen MR) is 112 cm³/mol. The molecule has 4 aliphatic carbocycles. The van der Waals surface area contributed by atoms with Crippen molar-refractivity contribution in [1.82, 2.24) is 0 Å². The molecule has 0 N–H and O–H groups in total. The van der Waals surface area contributed by atoms with Crippen molar-refractivity contribution in [2.24, 2.45) is 28.6 Å². The maximum Gasteiger partial charge on any atom is 0.303 e. The fraction of sp³-hybridized carbons (Fsp3) is 0.840. The molecule has 0 heterocycles. The molecular weight excluding hydrogens is 364 g/mol. The van der Waals surface area contributed by atoms with E-state index in [4.69, 9.17) is 9.47 Å². The van der Waals surface area contributed by atoms with Crippen molar-refractivity contribution in [2.45, 2.75) is 104 Å². The zero-order chi connectivity index (χ0) is 21.0. The van der Waals surface area contributed by atoms with E-state index in [1.54, 1.807) is 6.92 Å². The minimum Gasteiger partial charge on any atom is -0.462 e. The average Bonchev–Trinajstić information content (AvgIpc) is 2.94. The molecule has 4 aliphatic rings. The summed E-state index contributed by atoms with van der Waals surface area (Å²) in [5.74, 6) is 1.72. The number of hydrogen-bond acceptors (Lipinski definition) is 4. The SMILES string of the molecule is CC[C@@]1(OC(C)=O)CC[C@H]2[C@@H]3CC=C4C[C@@H](OC(C)=O)CC[C@]4(C)[C@H]3CC[C@@]21C. The van der Waals surface area contributed by atoms with Crippen LogP contribution in [-0.2, 0) is 19.1 Å². The van der Waals surface area contributed by atoms with Crippen LogP contribution in [0.4, 0.5) is 0 Å². The normalized spacial score (nSPS) is 46.0. The number of fused-ring (bicyclic) bond motifs is 5. The lowest BCUT2D eigenvalue weighted by Crippen LogP contribution is -2.55. The van der Waals surface area contributed by atoms with Crippen molar-refractivity contribution in [2.75, 3.05) is 0 Å². The van der Waals surface area contributed by atoms with Crippen LogP contribution in [-0.4, -0.2) is 23.6 Å². The Hall–Kier alpha value is -1.32. The van der Waals surface area contributed by atoms with E-state index in [-0.39, 0.29) is 34.5 Å². The van der Waals surface area contributed by atoms with Crippen LogP contribution in [0.25, 0.3) is 0 Å². The second-order valence-corrected chi connectivity index (χ2v) is 10.7. The maximum absolute atomic E-state index is 11.9. The molecule has 7 atom stereocenters. The molecule has 0 aromatic heterocycles. The van der Waals surface area contributed by atoms with Crippen LogP contribution in [0, 0.1) is 28.6 Å². The first kappa shape index (κ1) is 20.9. The van der Waals surface area contributed by atoms with E-state index in [1.807, 2.05) is 0 Å². The van der Waals surface area contributed by atoms with Gasteiger partial charge < -0.3 is 9.47 Å². The van der Waals surface area contributed by atoms with E-state index in [2.05, 4.69) is 26.8 Å². The third-order valence-electron chi connectivity index (χ3n) is 9.59. The van der Waals surface area contributed by atoms with Crippen molar-refractivity contribution in [3.8, 4) is 0 Å². The summed E-state index contributed by atoms with van der Waals surface area (Å²) in [7, 11) is 0. The second kappa shape index (κ2) is 7.13. The third-order valence-corrected chi connectivity index (χ3v) is 9.59. The maximum atomic E-state index is 11.9. The number of ether oxygens (including phenoxy) is 2. The van der Waals surface area contributed by atoms with Gasteiger partial charge in [0.05, 0.1) is 0 Å². The standard InChI is InChI=1S/C25H38O4/c1-6-25(29-17(3)27)14-11-22-20-8-7-18-15-19(28-16(2)26)9-12-23(18,4)21(20)10-13-24(22,25)5/h7,19-22H,6,8-15H2,1-5H3/t19-,20+,21-,22-,23-,24-,25+/m0/s1. The molecule has 0 spiro atoms. The van der Waals surface area contributed by atoms with Gasteiger partial charge >= 0.3 is 11.9 Å². The lowest BCUT2D eigenvalue weighted by molar-refractivity contribution is -0.182. The molecule has 0 aromatic rings. The summed E-state index contributed by atoms with van der Waals surface area (Å²) in [5.41, 5.74) is 1.57. The highest BCUT2D eigenvalue weighted by atomic mass is 16.6. The van der Waals surface area contributed by atoms with Gasteiger partial charge in [0.15, 0.2) is 0 Å². The highest BCUT2D eigenvalue weighted by Gasteiger charge is 2.65. The fourth-order valence-corrected chi connectivity index (χ4v) is 8.15. The van der Waals surface area contributed by atoms with Crippen LogP contribution in [0.1, 0.15) is 92.4 Å². The Morgan fingerprint density at radius 2 is 1.76 bits per heavy atom. The number of carbonyl (C=O) groups excluding carboxylic acids is 2. The van der Waals surface area contributed by atoms with E-state index < -0.39 is 0 Å². The molecule has 0 aliphatic heterocycles. The topological polar surface area (TPSA) is 52.6 Å². The largest absolute Gasteiger partial charge is 0.462 e.